The van der Waals surface area contributed by atoms with Crippen LogP contribution in [-0.4, -0.2) is 29.8 Å². The first kappa shape index (κ1) is 14.6. The van der Waals surface area contributed by atoms with Crippen LogP contribution < -0.4 is 10.2 Å². The summed E-state index contributed by atoms with van der Waals surface area (Å²) in [5, 5.41) is 2.37. The van der Waals surface area contributed by atoms with E-state index in [4.69, 9.17) is 4.74 Å². The summed E-state index contributed by atoms with van der Waals surface area (Å²) in [5.74, 6) is -0.0880. The average Bonchev–Trinajstić information content (AvgIpc) is 2.82. The number of ether oxygens (including phenoxy) is 1. The van der Waals surface area contributed by atoms with Gasteiger partial charge in [0.1, 0.15) is 11.4 Å². The van der Waals surface area contributed by atoms with Crippen LogP contribution in [0.25, 0.3) is 0 Å². The Hall–Kier alpha value is -1.85. The van der Waals surface area contributed by atoms with Crippen molar-refractivity contribution in [1.82, 2.24) is 4.98 Å². The van der Waals surface area contributed by atoms with Gasteiger partial charge in [0.2, 0.25) is 5.95 Å². The molecule has 6 heteroatoms. The number of nitrogens with one attached hydrogen (secondary N) is 1. The van der Waals surface area contributed by atoms with Crippen molar-refractivity contribution in [3.05, 3.63) is 18.1 Å². The molecule has 0 aliphatic carbocycles. The Kier molecular flexibility index (Phi) is 4.11. The molecule has 0 atom stereocenters. The van der Waals surface area contributed by atoms with Gasteiger partial charge in [-0.1, -0.05) is 0 Å². The van der Waals surface area contributed by atoms with E-state index in [1.54, 1.807) is 26.8 Å². The molecule has 0 unspecified atom stereocenters. The third kappa shape index (κ3) is 3.82. The van der Waals surface area contributed by atoms with Crippen molar-refractivity contribution >= 4 is 17.6 Å². The number of rotatable bonds is 2. The molecule has 110 valence electrons. The third-order valence-electron chi connectivity index (χ3n) is 2.90. The molecule has 0 bridgehead atoms. The summed E-state index contributed by atoms with van der Waals surface area (Å²) in [7, 11) is 0. The number of halogens is 1. The highest BCUT2D eigenvalue weighted by atomic mass is 19.1. The van der Waals surface area contributed by atoms with Gasteiger partial charge in [0.05, 0.1) is 5.69 Å². The van der Waals surface area contributed by atoms with Crippen LogP contribution in [-0.2, 0) is 4.74 Å². The number of nitrogens with zero attached hydrogens (tertiary/aromatic N) is 2. The van der Waals surface area contributed by atoms with E-state index in [9.17, 15) is 9.18 Å². The molecular weight excluding hydrogens is 261 g/mol. The van der Waals surface area contributed by atoms with Crippen LogP contribution in [0, 0.1) is 5.95 Å². The highest BCUT2D eigenvalue weighted by molar-refractivity contribution is 5.84. The Labute approximate surface area is 118 Å². The second-order valence-corrected chi connectivity index (χ2v) is 5.83. The number of pyridine rings is 1. The van der Waals surface area contributed by atoms with Crippen LogP contribution in [0.15, 0.2) is 12.1 Å². The van der Waals surface area contributed by atoms with Crippen molar-refractivity contribution in [3.63, 3.8) is 0 Å². The fourth-order valence-electron chi connectivity index (χ4n) is 2.05. The molecule has 20 heavy (non-hydrogen) atoms. The predicted molar refractivity (Wildman–Crippen MR) is 75.5 cm³/mol. The topological polar surface area (TPSA) is 54.5 Å². The van der Waals surface area contributed by atoms with Crippen LogP contribution in [0.2, 0.25) is 0 Å². The Morgan fingerprint density at radius 3 is 2.55 bits per heavy atom. The molecule has 0 saturated carbocycles. The van der Waals surface area contributed by atoms with Gasteiger partial charge < -0.3 is 9.64 Å². The number of hydrogen-bond donors (Lipinski definition) is 1. The van der Waals surface area contributed by atoms with E-state index in [0.29, 0.717) is 5.82 Å². The highest BCUT2D eigenvalue weighted by Crippen LogP contribution is 2.22. The zero-order valence-electron chi connectivity index (χ0n) is 12.1. The lowest BCUT2D eigenvalue weighted by Gasteiger charge is -2.20. The summed E-state index contributed by atoms with van der Waals surface area (Å²) < 4.78 is 19.0. The fourth-order valence-corrected chi connectivity index (χ4v) is 2.05. The van der Waals surface area contributed by atoms with Crippen LogP contribution in [0.3, 0.4) is 0 Å². The summed E-state index contributed by atoms with van der Waals surface area (Å²) in [6.07, 6.45) is 1.51. The maximum Gasteiger partial charge on any atom is 0.412 e. The summed E-state index contributed by atoms with van der Waals surface area (Å²) in [6, 6.07) is 3.22. The van der Waals surface area contributed by atoms with Crippen molar-refractivity contribution in [2.75, 3.05) is 23.3 Å². The second kappa shape index (κ2) is 5.64. The lowest BCUT2D eigenvalue weighted by atomic mass is 10.2. The fraction of sp³-hybridized carbons (Fsp3) is 0.571. The largest absolute Gasteiger partial charge is 0.444 e. The first-order valence-corrected chi connectivity index (χ1v) is 6.77. The van der Waals surface area contributed by atoms with E-state index in [2.05, 4.69) is 10.3 Å². The predicted octanol–water partition coefficient (Wildman–Crippen LogP) is 3.17. The normalized spacial score (nSPS) is 15.3. The number of aromatic nitrogens is 1. The van der Waals surface area contributed by atoms with Crippen molar-refractivity contribution < 1.29 is 13.9 Å². The molecule has 1 N–H and O–H groups in total. The molecule has 2 heterocycles. The molecule has 5 nitrogen and oxygen atoms in total. The van der Waals surface area contributed by atoms with Gasteiger partial charge in [0.15, 0.2) is 0 Å². The molecule has 2 rings (SSSR count). The van der Waals surface area contributed by atoms with E-state index in [0.717, 1.165) is 25.9 Å². The van der Waals surface area contributed by atoms with Crippen LogP contribution in [0.1, 0.15) is 33.6 Å². The Morgan fingerprint density at radius 2 is 2.00 bits per heavy atom. The van der Waals surface area contributed by atoms with E-state index < -0.39 is 17.6 Å². The van der Waals surface area contributed by atoms with E-state index in [1.807, 2.05) is 4.90 Å². The molecule has 1 aromatic heterocycles. The maximum atomic E-state index is 13.9. The van der Waals surface area contributed by atoms with Crippen LogP contribution in [0.4, 0.5) is 20.7 Å². The van der Waals surface area contributed by atoms with Gasteiger partial charge in [-0.3, -0.25) is 5.32 Å². The van der Waals surface area contributed by atoms with Gasteiger partial charge in [-0.2, -0.15) is 4.39 Å². The van der Waals surface area contributed by atoms with Gasteiger partial charge in [0, 0.05) is 13.1 Å². The molecule has 1 saturated heterocycles. The zero-order chi connectivity index (χ0) is 14.8. The summed E-state index contributed by atoms with van der Waals surface area (Å²) in [5.41, 5.74) is -0.592. The van der Waals surface area contributed by atoms with Gasteiger partial charge in [-0.25, -0.2) is 9.78 Å². The standard InChI is InChI=1S/C14H20FN3O2/c1-14(2,3)20-13(19)16-10-6-7-11(17-12(10)15)18-8-4-5-9-18/h6-7H,4-5,8-9H2,1-3H3,(H,16,19). The quantitative estimate of drug-likeness (QED) is 0.846. The van der Waals surface area contributed by atoms with Crippen LogP contribution in [0.5, 0.6) is 0 Å². The van der Waals surface area contributed by atoms with Crippen molar-refractivity contribution in [2.45, 2.75) is 39.2 Å². The number of amides is 1. The first-order chi connectivity index (χ1) is 9.35. The summed E-state index contributed by atoms with van der Waals surface area (Å²) >= 11 is 0. The lowest BCUT2D eigenvalue weighted by molar-refractivity contribution is 0.0635. The number of hydrogen-bond acceptors (Lipinski definition) is 4. The summed E-state index contributed by atoms with van der Waals surface area (Å²) in [6.45, 7) is 7.03. The number of anilines is 2. The first-order valence-electron chi connectivity index (χ1n) is 6.77. The monoisotopic (exact) mass is 281 g/mol. The number of carbonyl (C=O) groups excluding carboxylic acids is 1. The highest BCUT2D eigenvalue weighted by Gasteiger charge is 2.19. The SMILES string of the molecule is CC(C)(C)OC(=O)Nc1ccc(N2CCCC2)nc1F. The lowest BCUT2D eigenvalue weighted by Crippen LogP contribution is -2.27. The minimum atomic E-state index is -0.694. The van der Waals surface area contributed by atoms with Crippen molar-refractivity contribution in [3.8, 4) is 0 Å². The van der Waals surface area contributed by atoms with E-state index >= 15 is 0 Å². The molecule has 1 aliphatic heterocycles. The van der Waals surface area contributed by atoms with Gasteiger partial charge in [0.25, 0.3) is 0 Å². The number of carbonyl (C=O) groups is 1. The molecule has 0 aromatic carbocycles. The minimum absolute atomic E-state index is 0.0298. The molecule has 0 radical (unpaired) electrons. The average molecular weight is 281 g/mol. The van der Waals surface area contributed by atoms with Crippen molar-refractivity contribution in [1.29, 1.82) is 0 Å². The Bertz CT molecular complexity index is 494. The molecule has 1 fully saturated rings. The third-order valence-corrected chi connectivity index (χ3v) is 2.90. The van der Waals surface area contributed by atoms with Crippen molar-refractivity contribution in [2.24, 2.45) is 0 Å². The second-order valence-electron chi connectivity index (χ2n) is 5.83. The van der Waals surface area contributed by atoms with Crippen LogP contribution >= 0.6 is 0 Å². The molecule has 1 aromatic rings. The molecule has 1 amide bonds. The van der Waals surface area contributed by atoms with E-state index in [-0.39, 0.29) is 5.69 Å². The molecule has 1 aliphatic rings. The molecule has 0 spiro atoms. The smallest absolute Gasteiger partial charge is 0.412 e. The maximum absolute atomic E-state index is 13.9. The van der Waals surface area contributed by atoms with Gasteiger partial charge >= 0.3 is 6.09 Å². The van der Waals surface area contributed by atoms with E-state index in [1.165, 1.54) is 6.07 Å². The summed E-state index contributed by atoms with van der Waals surface area (Å²) in [4.78, 5) is 17.5. The zero-order valence-corrected chi connectivity index (χ0v) is 12.1. The van der Waals surface area contributed by atoms with Gasteiger partial charge in [-0.05, 0) is 45.7 Å². The van der Waals surface area contributed by atoms with Gasteiger partial charge in [-0.15, -0.1) is 0 Å². The Morgan fingerprint density at radius 1 is 1.35 bits per heavy atom. The Balaban J connectivity index is 2.04. The molecular formula is C14H20FN3O2. The minimum Gasteiger partial charge on any atom is -0.444 e.